The van der Waals surface area contributed by atoms with Crippen LogP contribution in [0.3, 0.4) is 0 Å². The van der Waals surface area contributed by atoms with Crippen molar-refractivity contribution < 1.29 is 28.5 Å². The molecule has 1 atom stereocenters. The minimum Gasteiger partial charge on any atom is -0.497 e. The number of hydrogen-bond acceptors (Lipinski definition) is 6. The predicted molar refractivity (Wildman–Crippen MR) is 105 cm³/mol. The van der Waals surface area contributed by atoms with Gasteiger partial charge in [-0.3, -0.25) is 9.59 Å². The molecule has 8 heteroatoms. The average molecular weight is 398 g/mol. The van der Waals surface area contributed by atoms with E-state index in [2.05, 4.69) is 5.32 Å². The Morgan fingerprint density at radius 1 is 1.07 bits per heavy atom. The van der Waals surface area contributed by atoms with E-state index in [1.54, 1.807) is 42.3 Å². The van der Waals surface area contributed by atoms with Crippen LogP contribution in [0.2, 0.25) is 0 Å². The van der Waals surface area contributed by atoms with Gasteiger partial charge in [-0.2, -0.15) is 0 Å². The summed E-state index contributed by atoms with van der Waals surface area (Å²) >= 11 is 0. The largest absolute Gasteiger partial charge is 0.497 e. The van der Waals surface area contributed by atoms with Gasteiger partial charge >= 0.3 is 0 Å². The molecule has 8 nitrogen and oxygen atoms in total. The highest BCUT2D eigenvalue weighted by Gasteiger charge is 2.33. The van der Waals surface area contributed by atoms with Crippen molar-refractivity contribution in [1.29, 1.82) is 0 Å². The van der Waals surface area contributed by atoms with E-state index in [0.717, 1.165) is 5.69 Å². The van der Waals surface area contributed by atoms with Gasteiger partial charge in [-0.15, -0.1) is 0 Å². The van der Waals surface area contributed by atoms with Crippen LogP contribution in [0.15, 0.2) is 36.4 Å². The van der Waals surface area contributed by atoms with Crippen molar-refractivity contribution in [2.24, 2.45) is 0 Å². The van der Waals surface area contributed by atoms with Crippen molar-refractivity contribution in [3.05, 3.63) is 42.0 Å². The van der Waals surface area contributed by atoms with Crippen LogP contribution in [0.25, 0.3) is 0 Å². The Kier molecular flexibility index (Phi) is 5.16. The molecule has 2 aromatic rings. The summed E-state index contributed by atoms with van der Waals surface area (Å²) in [7, 11) is 3.04. The van der Waals surface area contributed by atoms with Crippen LogP contribution in [0.5, 0.6) is 23.0 Å². The van der Waals surface area contributed by atoms with Crippen LogP contribution in [0, 0.1) is 0 Å². The normalized spacial score (nSPS) is 17.8. The van der Waals surface area contributed by atoms with Gasteiger partial charge in [0.2, 0.25) is 5.91 Å². The minimum absolute atomic E-state index is 0.0614. The smallest absolute Gasteiger partial charge is 0.255 e. The summed E-state index contributed by atoms with van der Waals surface area (Å²) in [6, 6.07) is 10.1. The zero-order valence-corrected chi connectivity index (χ0v) is 16.3. The van der Waals surface area contributed by atoms with E-state index in [1.807, 2.05) is 6.07 Å². The number of carbonyl (C=O) groups excluding carboxylic acids is 2. The van der Waals surface area contributed by atoms with Gasteiger partial charge in [-0.25, -0.2) is 0 Å². The highest BCUT2D eigenvalue weighted by atomic mass is 16.6. The maximum Gasteiger partial charge on any atom is 0.255 e. The first-order chi connectivity index (χ1) is 14.1. The quantitative estimate of drug-likeness (QED) is 0.829. The van der Waals surface area contributed by atoms with Crippen molar-refractivity contribution in [3.8, 4) is 23.0 Å². The molecule has 0 aromatic heterocycles. The first kappa shape index (κ1) is 18.9. The molecule has 2 aromatic carbocycles. The summed E-state index contributed by atoms with van der Waals surface area (Å²) in [6.45, 7) is 1.37. The van der Waals surface area contributed by atoms with Crippen molar-refractivity contribution >= 4 is 17.5 Å². The Morgan fingerprint density at radius 2 is 1.86 bits per heavy atom. The van der Waals surface area contributed by atoms with Crippen LogP contribution in [0.4, 0.5) is 5.69 Å². The molecule has 0 bridgehead atoms. The molecule has 2 amide bonds. The molecule has 2 heterocycles. The lowest BCUT2D eigenvalue weighted by Gasteiger charge is -2.22. The summed E-state index contributed by atoms with van der Waals surface area (Å²) < 4.78 is 21.6. The summed E-state index contributed by atoms with van der Waals surface area (Å²) in [5.41, 5.74) is 1.11. The molecule has 0 unspecified atom stereocenters. The lowest BCUT2D eigenvalue weighted by Crippen LogP contribution is -2.37. The third-order valence-electron chi connectivity index (χ3n) is 4.95. The minimum atomic E-state index is -0.310. The molecule has 2 aliphatic heterocycles. The fraction of sp³-hybridized carbons (Fsp3) is 0.333. The second-order valence-corrected chi connectivity index (χ2v) is 6.77. The molecule has 4 rings (SSSR count). The molecule has 152 valence electrons. The highest BCUT2D eigenvalue weighted by Crippen LogP contribution is 2.35. The van der Waals surface area contributed by atoms with Crippen molar-refractivity contribution in [2.45, 2.75) is 12.5 Å². The molecule has 1 fully saturated rings. The van der Waals surface area contributed by atoms with Gasteiger partial charge in [-0.1, -0.05) is 0 Å². The van der Waals surface area contributed by atoms with Crippen molar-refractivity contribution in [3.63, 3.8) is 0 Å². The first-order valence-corrected chi connectivity index (χ1v) is 9.32. The van der Waals surface area contributed by atoms with Gasteiger partial charge in [0.15, 0.2) is 11.5 Å². The Balaban J connectivity index is 1.46. The number of hydrogen-bond donors (Lipinski definition) is 1. The number of carbonyl (C=O) groups is 2. The van der Waals surface area contributed by atoms with Crippen LogP contribution >= 0.6 is 0 Å². The summed E-state index contributed by atoms with van der Waals surface area (Å²) in [4.78, 5) is 26.9. The Morgan fingerprint density at radius 3 is 2.62 bits per heavy atom. The number of nitrogens with one attached hydrogen (secondary N) is 1. The predicted octanol–water partition coefficient (Wildman–Crippen LogP) is 2.01. The number of nitrogens with zero attached hydrogens (tertiary/aromatic N) is 1. The number of amides is 2. The highest BCUT2D eigenvalue weighted by molar-refractivity contribution is 6.00. The van der Waals surface area contributed by atoms with Gasteiger partial charge in [0.05, 0.1) is 25.8 Å². The number of methoxy groups -OCH3 is 2. The van der Waals surface area contributed by atoms with Gasteiger partial charge in [-0.05, 0) is 24.3 Å². The van der Waals surface area contributed by atoms with E-state index in [4.69, 9.17) is 18.9 Å². The molecule has 0 saturated carbocycles. The van der Waals surface area contributed by atoms with E-state index in [0.29, 0.717) is 48.3 Å². The Hall–Kier alpha value is -3.42. The number of ether oxygens (including phenoxy) is 4. The van der Waals surface area contributed by atoms with Crippen LogP contribution in [-0.2, 0) is 4.79 Å². The number of anilines is 1. The van der Waals surface area contributed by atoms with Crippen LogP contribution in [0.1, 0.15) is 16.8 Å². The van der Waals surface area contributed by atoms with Crippen LogP contribution in [-0.4, -0.2) is 51.8 Å². The van der Waals surface area contributed by atoms with Crippen LogP contribution < -0.4 is 29.2 Å². The number of rotatable bonds is 5. The maximum atomic E-state index is 12.7. The Labute approximate surface area is 168 Å². The fourth-order valence-electron chi connectivity index (χ4n) is 3.50. The number of fused-ring (bicyclic) bond motifs is 1. The second kappa shape index (κ2) is 7.90. The third-order valence-corrected chi connectivity index (χ3v) is 4.95. The molecule has 1 saturated heterocycles. The number of benzene rings is 2. The zero-order chi connectivity index (χ0) is 20.4. The van der Waals surface area contributed by atoms with Crippen molar-refractivity contribution in [1.82, 2.24) is 5.32 Å². The Bertz CT molecular complexity index is 945. The van der Waals surface area contributed by atoms with Gasteiger partial charge < -0.3 is 29.2 Å². The summed E-state index contributed by atoms with van der Waals surface area (Å²) in [5, 5.41) is 2.92. The standard InChI is InChI=1S/C21H22N2O6/c1-26-15-4-5-16(18(11-15)27-2)21(25)22-13-9-20(24)23(12-13)14-3-6-17-19(10-14)29-8-7-28-17/h3-6,10-11,13H,7-9,12H2,1-2H3,(H,22,25)/t13-/m1/s1. The molecular weight excluding hydrogens is 376 g/mol. The second-order valence-electron chi connectivity index (χ2n) is 6.77. The summed E-state index contributed by atoms with van der Waals surface area (Å²) in [5.74, 6) is 1.94. The third kappa shape index (κ3) is 3.78. The van der Waals surface area contributed by atoms with Crippen molar-refractivity contribution in [2.75, 3.05) is 38.9 Å². The van der Waals surface area contributed by atoms with Gasteiger partial charge in [0.1, 0.15) is 24.7 Å². The topological polar surface area (TPSA) is 86.3 Å². The molecule has 29 heavy (non-hydrogen) atoms. The van der Waals surface area contributed by atoms with E-state index < -0.39 is 0 Å². The lowest BCUT2D eigenvalue weighted by molar-refractivity contribution is -0.117. The maximum absolute atomic E-state index is 12.7. The van der Waals surface area contributed by atoms with E-state index >= 15 is 0 Å². The fourth-order valence-corrected chi connectivity index (χ4v) is 3.50. The molecule has 0 radical (unpaired) electrons. The first-order valence-electron chi connectivity index (χ1n) is 9.32. The molecular formula is C21H22N2O6. The molecule has 1 N–H and O–H groups in total. The molecule has 0 aliphatic carbocycles. The lowest BCUT2D eigenvalue weighted by atomic mass is 10.1. The molecule has 2 aliphatic rings. The zero-order valence-electron chi connectivity index (χ0n) is 16.3. The van der Waals surface area contributed by atoms with E-state index in [-0.39, 0.29) is 24.3 Å². The van der Waals surface area contributed by atoms with Gasteiger partial charge in [0, 0.05) is 30.8 Å². The van der Waals surface area contributed by atoms with E-state index in [9.17, 15) is 9.59 Å². The molecule has 0 spiro atoms. The average Bonchev–Trinajstić information content (AvgIpc) is 3.12. The van der Waals surface area contributed by atoms with Gasteiger partial charge in [0.25, 0.3) is 5.91 Å². The van der Waals surface area contributed by atoms with E-state index in [1.165, 1.54) is 7.11 Å². The SMILES string of the molecule is COc1ccc(C(=O)N[C@@H]2CC(=O)N(c3ccc4c(c3)OCCO4)C2)c(OC)c1. The summed E-state index contributed by atoms with van der Waals surface area (Å²) in [6.07, 6.45) is 0.221. The monoisotopic (exact) mass is 398 g/mol.